The molecular weight excluding hydrogens is 311 g/mol. The Bertz CT molecular complexity index is 713. The average molecular weight is 332 g/mol. The Morgan fingerprint density at radius 1 is 1.21 bits per heavy atom. The third kappa shape index (κ3) is 5.31. The molecule has 1 amide bonds. The van der Waals surface area contributed by atoms with Crippen molar-refractivity contribution in [3.63, 3.8) is 0 Å². The van der Waals surface area contributed by atoms with Crippen molar-refractivity contribution < 1.29 is 13.9 Å². The molecule has 2 rings (SSSR count). The zero-order chi connectivity index (χ0) is 17.4. The van der Waals surface area contributed by atoms with E-state index in [0.29, 0.717) is 26.1 Å². The van der Waals surface area contributed by atoms with Crippen LogP contribution >= 0.6 is 0 Å². The Morgan fingerprint density at radius 3 is 2.62 bits per heavy atom. The van der Waals surface area contributed by atoms with Gasteiger partial charge in [0, 0.05) is 39.1 Å². The first kappa shape index (κ1) is 17.9. The summed E-state index contributed by atoms with van der Waals surface area (Å²) >= 11 is 0. The van der Waals surface area contributed by atoms with Gasteiger partial charge >= 0.3 is 0 Å². The van der Waals surface area contributed by atoms with Crippen molar-refractivity contribution in [1.82, 2.24) is 9.47 Å². The second kappa shape index (κ2) is 8.98. The maximum absolute atomic E-state index is 13.0. The molecule has 0 atom stereocenters. The smallest absolute Gasteiger partial charge is 0.250 e. The zero-order valence-electron chi connectivity index (χ0n) is 13.7. The van der Waals surface area contributed by atoms with Gasteiger partial charge in [0.05, 0.1) is 0 Å². The number of aromatic nitrogens is 1. The number of pyridine rings is 1. The van der Waals surface area contributed by atoms with E-state index in [1.807, 2.05) is 0 Å². The molecule has 0 unspecified atom stereocenters. The number of halogens is 1. The van der Waals surface area contributed by atoms with Gasteiger partial charge in [-0.05, 0) is 30.2 Å². The Labute approximate surface area is 140 Å². The van der Waals surface area contributed by atoms with Crippen molar-refractivity contribution in [2.45, 2.75) is 19.5 Å². The Hall–Kier alpha value is -2.47. The number of hydrogen-bond acceptors (Lipinski definition) is 3. The number of carbonyl (C=O) groups is 1. The Kier molecular flexibility index (Phi) is 6.69. The minimum absolute atomic E-state index is 0.0200. The molecule has 5 nitrogen and oxygen atoms in total. The van der Waals surface area contributed by atoms with Gasteiger partial charge in [0.2, 0.25) is 5.91 Å². The Balaban J connectivity index is 2.09. The maximum Gasteiger partial charge on any atom is 0.250 e. The normalized spacial score (nSPS) is 10.6. The SMILES string of the molecule is COCCCN(Cc1ccc(F)cc1)C(=O)Cn1ccccc1=O. The summed E-state index contributed by atoms with van der Waals surface area (Å²) in [6.45, 7) is 1.39. The van der Waals surface area contributed by atoms with Gasteiger partial charge in [-0.2, -0.15) is 0 Å². The highest BCUT2D eigenvalue weighted by Crippen LogP contribution is 2.08. The standard InChI is InChI=1S/C18H21FN2O3/c1-24-12-4-11-20(13-15-6-8-16(19)9-7-15)18(23)14-21-10-3-2-5-17(21)22/h2-3,5-10H,4,11-14H2,1H3. The van der Waals surface area contributed by atoms with Crippen LogP contribution in [0.3, 0.4) is 0 Å². The molecule has 0 saturated heterocycles. The largest absolute Gasteiger partial charge is 0.385 e. The first-order valence-electron chi connectivity index (χ1n) is 7.77. The Morgan fingerprint density at radius 2 is 1.96 bits per heavy atom. The van der Waals surface area contributed by atoms with Crippen LogP contribution in [0.25, 0.3) is 0 Å². The molecule has 1 aromatic carbocycles. The monoisotopic (exact) mass is 332 g/mol. The number of hydrogen-bond donors (Lipinski definition) is 0. The minimum Gasteiger partial charge on any atom is -0.385 e. The number of benzene rings is 1. The van der Waals surface area contributed by atoms with E-state index in [-0.39, 0.29) is 23.8 Å². The number of amides is 1. The number of rotatable bonds is 8. The topological polar surface area (TPSA) is 51.5 Å². The van der Waals surface area contributed by atoms with E-state index in [2.05, 4.69) is 0 Å². The van der Waals surface area contributed by atoms with Gasteiger partial charge in [-0.25, -0.2) is 4.39 Å². The van der Waals surface area contributed by atoms with E-state index >= 15 is 0 Å². The molecule has 0 radical (unpaired) electrons. The van der Waals surface area contributed by atoms with Gasteiger partial charge in [-0.1, -0.05) is 18.2 Å². The molecule has 0 saturated carbocycles. The summed E-state index contributed by atoms with van der Waals surface area (Å²) in [7, 11) is 1.61. The van der Waals surface area contributed by atoms with E-state index < -0.39 is 0 Å². The summed E-state index contributed by atoms with van der Waals surface area (Å²) in [6, 6.07) is 10.8. The second-order valence-electron chi connectivity index (χ2n) is 5.45. The average Bonchev–Trinajstić information content (AvgIpc) is 2.58. The first-order valence-corrected chi connectivity index (χ1v) is 7.77. The summed E-state index contributed by atoms with van der Waals surface area (Å²) in [5, 5.41) is 0. The number of methoxy groups -OCH3 is 1. The van der Waals surface area contributed by atoms with Crippen LogP contribution < -0.4 is 5.56 Å². The van der Waals surface area contributed by atoms with Gasteiger partial charge in [-0.3, -0.25) is 9.59 Å². The van der Waals surface area contributed by atoms with Gasteiger partial charge in [-0.15, -0.1) is 0 Å². The van der Waals surface area contributed by atoms with Crippen LogP contribution in [-0.4, -0.2) is 35.6 Å². The van der Waals surface area contributed by atoms with Crippen molar-refractivity contribution in [1.29, 1.82) is 0 Å². The molecule has 0 fully saturated rings. The molecular formula is C18H21FN2O3. The molecule has 0 N–H and O–H groups in total. The van der Waals surface area contributed by atoms with Gasteiger partial charge in [0.15, 0.2) is 0 Å². The molecule has 0 aliphatic heterocycles. The van der Waals surface area contributed by atoms with E-state index in [1.165, 1.54) is 22.8 Å². The number of nitrogens with zero attached hydrogens (tertiary/aromatic N) is 2. The second-order valence-corrected chi connectivity index (χ2v) is 5.45. The van der Waals surface area contributed by atoms with Gasteiger partial charge in [0.25, 0.3) is 5.56 Å². The lowest BCUT2D eigenvalue weighted by Gasteiger charge is -2.23. The van der Waals surface area contributed by atoms with Crippen LogP contribution in [0.2, 0.25) is 0 Å². The summed E-state index contributed by atoms with van der Waals surface area (Å²) in [5.41, 5.74) is 0.618. The molecule has 0 aliphatic carbocycles. The van der Waals surface area contributed by atoms with Gasteiger partial charge < -0.3 is 14.2 Å². The number of ether oxygens (including phenoxy) is 1. The highest BCUT2D eigenvalue weighted by atomic mass is 19.1. The van der Waals surface area contributed by atoms with Crippen molar-refractivity contribution in [3.05, 3.63) is 70.4 Å². The summed E-state index contributed by atoms with van der Waals surface area (Å²) in [4.78, 5) is 26.0. The lowest BCUT2D eigenvalue weighted by Crippen LogP contribution is -2.36. The fourth-order valence-electron chi connectivity index (χ4n) is 2.34. The van der Waals surface area contributed by atoms with E-state index in [1.54, 1.807) is 42.5 Å². The predicted octanol–water partition coefficient (Wildman–Crippen LogP) is 2.05. The van der Waals surface area contributed by atoms with Crippen LogP contribution in [0.4, 0.5) is 4.39 Å². The molecule has 128 valence electrons. The molecule has 24 heavy (non-hydrogen) atoms. The molecule has 1 aromatic heterocycles. The van der Waals surface area contributed by atoms with Gasteiger partial charge in [0.1, 0.15) is 12.4 Å². The van der Waals surface area contributed by atoms with Crippen LogP contribution in [0, 0.1) is 5.82 Å². The first-order chi connectivity index (χ1) is 11.6. The summed E-state index contributed by atoms with van der Waals surface area (Å²) in [5.74, 6) is -0.476. The van der Waals surface area contributed by atoms with E-state index in [0.717, 1.165) is 5.56 Å². The lowest BCUT2D eigenvalue weighted by molar-refractivity contribution is -0.132. The molecule has 0 aliphatic rings. The molecule has 2 aromatic rings. The lowest BCUT2D eigenvalue weighted by atomic mass is 10.2. The van der Waals surface area contributed by atoms with Crippen LogP contribution in [0.15, 0.2) is 53.5 Å². The third-order valence-corrected chi connectivity index (χ3v) is 3.62. The minimum atomic E-state index is -0.313. The van der Waals surface area contributed by atoms with Crippen molar-refractivity contribution >= 4 is 5.91 Å². The fraction of sp³-hybridized carbons (Fsp3) is 0.333. The van der Waals surface area contributed by atoms with Crippen LogP contribution in [-0.2, 0) is 22.6 Å². The maximum atomic E-state index is 13.0. The van der Waals surface area contributed by atoms with E-state index in [4.69, 9.17) is 4.74 Å². The molecule has 1 heterocycles. The number of carbonyl (C=O) groups excluding carboxylic acids is 1. The van der Waals surface area contributed by atoms with Crippen LogP contribution in [0.1, 0.15) is 12.0 Å². The third-order valence-electron chi connectivity index (χ3n) is 3.62. The van der Waals surface area contributed by atoms with E-state index in [9.17, 15) is 14.0 Å². The summed E-state index contributed by atoms with van der Waals surface area (Å²) in [6.07, 6.45) is 2.28. The van der Waals surface area contributed by atoms with Crippen molar-refractivity contribution in [2.24, 2.45) is 0 Å². The predicted molar refractivity (Wildman–Crippen MR) is 89.0 cm³/mol. The zero-order valence-corrected chi connectivity index (χ0v) is 13.7. The highest BCUT2D eigenvalue weighted by molar-refractivity contribution is 5.76. The highest BCUT2D eigenvalue weighted by Gasteiger charge is 2.15. The molecule has 0 bridgehead atoms. The quantitative estimate of drug-likeness (QED) is 0.695. The van der Waals surface area contributed by atoms with Crippen molar-refractivity contribution in [2.75, 3.05) is 20.3 Å². The molecule has 6 heteroatoms. The molecule has 0 spiro atoms. The van der Waals surface area contributed by atoms with Crippen molar-refractivity contribution in [3.8, 4) is 0 Å². The summed E-state index contributed by atoms with van der Waals surface area (Å²) < 4.78 is 19.4. The van der Waals surface area contributed by atoms with Crippen LogP contribution in [0.5, 0.6) is 0 Å². The fourth-order valence-corrected chi connectivity index (χ4v) is 2.34.